The molecule has 0 aliphatic rings. The van der Waals surface area contributed by atoms with Crippen LogP contribution in [0.5, 0.6) is 0 Å². The van der Waals surface area contributed by atoms with Gasteiger partial charge in [-0.25, -0.2) is 4.98 Å². The van der Waals surface area contributed by atoms with E-state index in [0.29, 0.717) is 12.0 Å². The SMILES string of the molecule is Cc1ncn(-c2ccc([N+](=O)[O-])cc2C=O)c1C. The molecule has 0 fully saturated rings. The van der Waals surface area contributed by atoms with E-state index in [1.165, 1.54) is 12.1 Å². The van der Waals surface area contributed by atoms with Crippen molar-refractivity contribution in [3.8, 4) is 5.69 Å². The van der Waals surface area contributed by atoms with Gasteiger partial charge in [-0.2, -0.15) is 0 Å². The number of hydrogen-bond donors (Lipinski definition) is 0. The highest BCUT2D eigenvalue weighted by Crippen LogP contribution is 2.21. The summed E-state index contributed by atoms with van der Waals surface area (Å²) in [5, 5.41) is 10.7. The zero-order chi connectivity index (χ0) is 13.3. The molecule has 0 radical (unpaired) electrons. The molecule has 0 aliphatic heterocycles. The number of nitro benzene ring substituents is 1. The molecule has 0 spiro atoms. The summed E-state index contributed by atoms with van der Waals surface area (Å²) in [6.07, 6.45) is 2.20. The Balaban J connectivity index is 2.61. The van der Waals surface area contributed by atoms with Crippen molar-refractivity contribution in [3.05, 3.63) is 51.6 Å². The topological polar surface area (TPSA) is 78.0 Å². The molecule has 0 saturated carbocycles. The number of aryl methyl sites for hydroxylation is 1. The Morgan fingerprint density at radius 2 is 2.11 bits per heavy atom. The molecule has 6 heteroatoms. The van der Waals surface area contributed by atoms with Crippen LogP contribution in [-0.2, 0) is 0 Å². The van der Waals surface area contributed by atoms with Crippen LogP contribution in [0.25, 0.3) is 5.69 Å². The lowest BCUT2D eigenvalue weighted by atomic mass is 10.1. The molecule has 2 rings (SSSR count). The minimum Gasteiger partial charge on any atom is -0.303 e. The summed E-state index contributed by atoms with van der Waals surface area (Å²) in [6, 6.07) is 4.18. The van der Waals surface area contributed by atoms with E-state index >= 15 is 0 Å². The molecule has 1 heterocycles. The Morgan fingerprint density at radius 1 is 1.39 bits per heavy atom. The molecule has 6 nitrogen and oxygen atoms in total. The predicted molar refractivity (Wildman–Crippen MR) is 65.1 cm³/mol. The first-order valence-corrected chi connectivity index (χ1v) is 5.29. The number of imidazole rings is 1. The Morgan fingerprint density at radius 3 is 2.61 bits per heavy atom. The predicted octanol–water partition coefficient (Wildman–Crippen LogP) is 2.21. The lowest BCUT2D eigenvalue weighted by Gasteiger charge is -2.08. The van der Waals surface area contributed by atoms with Gasteiger partial charge >= 0.3 is 0 Å². The number of hydrogen-bond acceptors (Lipinski definition) is 4. The first kappa shape index (κ1) is 12.0. The molecule has 0 amide bonds. The second-order valence-electron chi connectivity index (χ2n) is 3.90. The molecule has 0 unspecified atom stereocenters. The van der Waals surface area contributed by atoms with Crippen molar-refractivity contribution in [2.45, 2.75) is 13.8 Å². The van der Waals surface area contributed by atoms with Crippen LogP contribution in [0.3, 0.4) is 0 Å². The van der Waals surface area contributed by atoms with E-state index in [0.717, 1.165) is 11.4 Å². The van der Waals surface area contributed by atoms with Gasteiger partial charge in [0.15, 0.2) is 6.29 Å². The van der Waals surface area contributed by atoms with E-state index in [1.54, 1.807) is 17.0 Å². The quantitative estimate of drug-likeness (QED) is 0.472. The third-order valence-electron chi connectivity index (χ3n) is 2.86. The van der Waals surface area contributed by atoms with E-state index in [9.17, 15) is 14.9 Å². The summed E-state index contributed by atoms with van der Waals surface area (Å²) >= 11 is 0. The highest BCUT2D eigenvalue weighted by atomic mass is 16.6. The Labute approximate surface area is 103 Å². The largest absolute Gasteiger partial charge is 0.303 e. The standard InChI is InChI=1S/C12H11N3O3/c1-8-9(2)14(7-13-8)12-4-3-11(15(17)18)5-10(12)6-16/h3-7H,1-2H3. The zero-order valence-corrected chi connectivity index (χ0v) is 9.95. The van der Waals surface area contributed by atoms with Gasteiger partial charge in [0.2, 0.25) is 0 Å². The van der Waals surface area contributed by atoms with Gasteiger partial charge in [-0.05, 0) is 19.9 Å². The summed E-state index contributed by atoms with van der Waals surface area (Å²) in [5.41, 5.74) is 2.51. The normalized spacial score (nSPS) is 10.3. The molecule has 1 aromatic heterocycles. The maximum Gasteiger partial charge on any atom is 0.270 e. The van der Waals surface area contributed by atoms with Gasteiger partial charge in [0.05, 0.1) is 22.6 Å². The molecule has 92 valence electrons. The third kappa shape index (κ3) is 1.88. The summed E-state index contributed by atoms with van der Waals surface area (Å²) in [7, 11) is 0. The van der Waals surface area contributed by atoms with Crippen LogP contribution < -0.4 is 0 Å². The molecular weight excluding hydrogens is 234 g/mol. The molecular formula is C12H11N3O3. The van der Waals surface area contributed by atoms with Crippen molar-refractivity contribution in [1.29, 1.82) is 0 Å². The van der Waals surface area contributed by atoms with Gasteiger partial charge in [0.25, 0.3) is 5.69 Å². The van der Waals surface area contributed by atoms with Crippen molar-refractivity contribution >= 4 is 12.0 Å². The summed E-state index contributed by atoms with van der Waals surface area (Å²) < 4.78 is 1.74. The first-order chi connectivity index (χ1) is 8.54. The van der Waals surface area contributed by atoms with E-state index in [2.05, 4.69) is 4.98 Å². The highest BCUT2D eigenvalue weighted by Gasteiger charge is 2.13. The average Bonchev–Trinajstić information content (AvgIpc) is 2.69. The van der Waals surface area contributed by atoms with Crippen LogP contribution in [0, 0.1) is 24.0 Å². The van der Waals surface area contributed by atoms with Gasteiger partial charge in [0.1, 0.15) is 0 Å². The number of carbonyl (C=O) groups excluding carboxylic acids is 1. The molecule has 2 aromatic rings. The number of non-ortho nitro benzene ring substituents is 1. The molecule has 18 heavy (non-hydrogen) atoms. The van der Waals surface area contributed by atoms with E-state index in [4.69, 9.17) is 0 Å². The minimum atomic E-state index is -0.525. The highest BCUT2D eigenvalue weighted by molar-refractivity contribution is 5.82. The van der Waals surface area contributed by atoms with Crippen LogP contribution in [-0.4, -0.2) is 20.8 Å². The second-order valence-corrected chi connectivity index (χ2v) is 3.90. The number of carbonyl (C=O) groups is 1. The number of benzene rings is 1. The summed E-state index contributed by atoms with van der Waals surface area (Å²) in [4.78, 5) is 25.3. The minimum absolute atomic E-state index is 0.102. The second kappa shape index (κ2) is 4.40. The first-order valence-electron chi connectivity index (χ1n) is 5.29. The summed E-state index contributed by atoms with van der Waals surface area (Å²) in [5.74, 6) is 0. The molecule has 0 atom stereocenters. The van der Waals surface area contributed by atoms with Crippen molar-refractivity contribution < 1.29 is 9.72 Å². The number of rotatable bonds is 3. The fourth-order valence-corrected chi connectivity index (χ4v) is 1.71. The maximum absolute atomic E-state index is 11.0. The average molecular weight is 245 g/mol. The van der Waals surface area contributed by atoms with E-state index in [-0.39, 0.29) is 11.3 Å². The van der Waals surface area contributed by atoms with Gasteiger partial charge < -0.3 is 4.57 Å². The fourth-order valence-electron chi connectivity index (χ4n) is 1.71. The lowest BCUT2D eigenvalue weighted by molar-refractivity contribution is -0.384. The number of aromatic nitrogens is 2. The Hall–Kier alpha value is -2.50. The Kier molecular flexibility index (Phi) is 2.93. The maximum atomic E-state index is 11.0. The molecule has 1 aromatic carbocycles. The van der Waals surface area contributed by atoms with Gasteiger partial charge in [0, 0.05) is 23.4 Å². The third-order valence-corrected chi connectivity index (χ3v) is 2.86. The van der Waals surface area contributed by atoms with Crippen LogP contribution >= 0.6 is 0 Å². The summed E-state index contributed by atoms with van der Waals surface area (Å²) in [6.45, 7) is 3.73. The van der Waals surface area contributed by atoms with Crippen molar-refractivity contribution in [2.75, 3.05) is 0 Å². The lowest BCUT2D eigenvalue weighted by Crippen LogP contribution is -2.01. The fraction of sp³-hybridized carbons (Fsp3) is 0.167. The number of nitro groups is 1. The van der Waals surface area contributed by atoms with Crippen LogP contribution in [0.1, 0.15) is 21.7 Å². The molecule has 0 saturated heterocycles. The number of aldehydes is 1. The van der Waals surface area contributed by atoms with Crippen LogP contribution in [0.2, 0.25) is 0 Å². The smallest absolute Gasteiger partial charge is 0.270 e. The van der Waals surface area contributed by atoms with Gasteiger partial charge in [-0.3, -0.25) is 14.9 Å². The molecule has 0 aliphatic carbocycles. The van der Waals surface area contributed by atoms with Gasteiger partial charge in [-0.1, -0.05) is 0 Å². The van der Waals surface area contributed by atoms with Crippen molar-refractivity contribution in [1.82, 2.24) is 9.55 Å². The monoisotopic (exact) mass is 245 g/mol. The zero-order valence-electron chi connectivity index (χ0n) is 9.95. The Bertz CT molecular complexity index is 631. The molecule has 0 bridgehead atoms. The van der Waals surface area contributed by atoms with Crippen LogP contribution in [0.4, 0.5) is 5.69 Å². The molecule has 0 N–H and O–H groups in total. The van der Waals surface area contributed by atoms with Crippen molar-refractivity contribution in [3.63, 3.8) is 0 Å². The number of nitrogens with zero attached hydrogens (tertiary/aromatic N) is 3. The van der Waals surface area contributed by atoms with E-state index in [1.807, 2.05) is 13.8 Å². The van der Waals surface area contributed by atoms with Crippen molar-refractivity contribution in [2.24, 2.45) is 0 Å². The van der Waals surface area contributed by atoms with Gasteiger partial charge in [-0.15, -0.1) is 0 Å². The van der Waals surface area contributed by atoms with Crippen LogP contribution in [0.15, 0.2) is 24.5 Å². The van der Waals surface area contributed by atoms with E-state index < -0.39 is 4.92 Å².